The van der Waals surface area contributed by atoms with Crippen LogP contribution in [-0.4, -0.2) is 19.7 Å². The highest BCUT2D eigenvalue weighted by molar-refractivity contribution is 6.40. The Morgan fingerprint density at radius 2 is 1.49 bits per heavy atom. The van der Waals surface area contributed by atoms with Crippen LogP contribution in [0.2, 0.25) is 30.1 Å². The van der Waals surface area contributed by atoms with E-state index in [-0.39, 0.29) is 10.0 Å². The molecule has 0 N–H and O–H groups in total. The molecule has 0 atom stereocenters. The molecular weight excluding hydrogens is 595 g/mol. The van der Waals surface area contributed by atoms with Gasteiger partial charge in [-0.3, -0.25) is 4.98 Å². The first kappa shape index (κ1) is 25.8. The number of nitrogens with zero attached hydrogens (tertiary/aromatic N) is 5. The Bertz CT molecular complexity index is 1700. The molecule has 0 bridgehead atoms. The molecule has 5 nitrogen and oxygen atoms in total. The minimum atomic E-state index is 0.231. The third-order valence-electron chi connectivity index (χ3n) is 5.35. The molecular formula is C26H11Cl6N5. The van der Waals surface area contributed by atoms with Gasteiger partial charge in [-0.15, -0.1) is 0 Å². The van der Waals surface area contributed by atoms with Gasteiger partial charge >= 0.3 is 0 Å². The fraction of sp³-hybridized carbons (Fsp3) is 0. The summed E-state index contributed by atoms with van der Waals surface area (Å²) in [5.74, 6) is 0.361. The summed E-state index contributed by atoms with van der Waals surface area (Å²) in [6.07, 6.45) is 4.55. The van der Waals surface area contributed by atoms with Gasteiger partial charge in [-0.25, -0.2) is 9.67 Å². The van der Waals surface area contributed by atoms with Crippen LogP contribution in [0.15, 0.2) is 67.1 Å². The van der Waals surface area contributed by atoms with Gasteiger partial charge in [0.2, 0.25) is 0 Å². The number of halogens is 6. The number of hydrogen-bond acceptors (Lipinski definition) is 4. The maximum Gasteiger partial charge on any atom is 0.162 e. The molecule has 11 heteroatoms. The summed E-state index contributed by atoms with van der Waals surface area (Å²) in [6.45, 7) is 0. The fourth-order valence-electron chi connectivity index (χ4n) is 3.85. The predicted molar refractivity (Wildman–Crippen MR) is 150 cm³/mol. The Balaban J connectivity index is 1.97. The normalized spacial score (nSPS) is 10.9. The van der Waals surface area contributed by atoms with E-state index in [1.807, 2.05) is 6.07 Å². The molecule has 2 aromatic carbocycles. The van der Waals surface area contributed by atoms with Crippen LogP contribution in [0, 0.1) is 11.3 Å². The zero-order valence-corrected chi connectivity index (χ0v) is 22.9. The molecule has 0 unspecified atom stereocenters. The van der Waals surface area contributed by atoms with E-state index in [4.69, 9.17) is 74.6 Å². The second kappa shape index (κ2) is 10.5. The first-order chi connectivity index (χ1) is 17.7. The lowest BCUT2D eigenvalue weighted by molar-refractivity contribution is 0.850. The van der Waals surface area contributed by atoms with Crippen molar-refractivity contribution in [3.05, 3.63) is 103 Å². The number of benzene rings is 2. The Morgan fingerprint density at radius 1 is 0.730 bits per heavy atom. The lowest BCUT2D eigenvalue weighted by Gasteiger charge is -2.20. The molecule has 0 fully saturated rings. The molecule has 0 spiro atoms. The van der Waals surface area contributed by atoms with Gasteiger partial charge in [0.1, 0.15) is 0 Å². The maximum atomic E-state index is 9.56. The zero-order valence-electron chi connectivity index (χ0n) is 18.4. The SMILES string of the molecule is N#Cc1cccc(-c2c(-n3cc(Cl)cn3)nc(-c3cc(Cl)cc(Cl)c3)c(Cl)c2-c2ncc(Cl)cc2Cl)c1. The first-order valence-corrected chi connectivity index (χ1v) is 12.7. The highest BCUT2D eigenvalue weighted by Crippen LogP contribution is 2.47. The quantitative estimate of drug-likeness (QED) is 0.205. The van der Waals surface area contributed by atoms with E-state index < -0.39 is 0 Å². The van der Waals surface area contributed by atoms with E-state index in [0.717, 1.165) is 0 Å². The molecule has 37 heavy (non-hydrogen) atoms. The molecule has 0 aliphatic rings. The van der Waals surface area contributed by atoms with Crippen molar-refractivity contribution in [2.45, 2.75) is 0 Å². The predicted octanol–water partition coefficient (Wildman–Crippen LogP) is 9.46. The van der Waals surface area contributed by atoms with E-state index >= 15 is 0 Å². The number of nitriles is 1. The summed E-state index contributed by atoms with van der Waals surface area (Å²) < 4.78 is 1.51. The number of pyridine rings is 2. The molecule has 0 radical (unpaired) electrons. The first-order valence-electron chi connectivity index (χ1n) is 10.5. The van der Waals surface area contributed by atoms with Crippen molar-refractivity contribution >= 4 is 69.6 Å². The molecule has 5 aromatic rings. The van der Waals surface area contributed by atoms with Crippen LogP contribution < -0.4 is 0 Å². The summed E-state index contributed by atoms with van der Waals surface area (Å²) in [6, 6.07) is 15.7. The van der Waals surface area contributed by atoms with Gasteiger partial charge in [0.05, 0.1) is 55.5 Å². The molecule has 0 aliphatic carbocycles. The highest BCUT2D eigenvalue weighted by atomic mass is 35.5. The lowest BCUT2D eigenvalue weighted by atomic mass is 9.94. The van der Waals surface area contributed by atoms with Crippen LogP contribution in [0.25, 0.3) is 39.5 Å². The van der Waals surface area contributed by atoms with Crippen LogP contribution in [-0.2, 0) is 0 Å². The Kier molecular flexibility index (Phi) is 7.33. The molecule has 5 rings (SSSR count). The van der Waals surface area contributed by atoms with E-state index in [0.29, 0.717) is 65.1 Å². The number of rotatable bonds is 4. The highest BCUT2D eigenvalue weighted by Gasteiger charge is 2.26. The van der Waals surface area contributed by atoms with Crippen molar-refractivity contribution < 1.29 is 0 Å². The molecule has 0 amide bonds. The molecule has 0 saturated carbocycles. The second-order valence-corrected chi connectivity index (χ2v) is 10.3. The van der Waals surface area contributed by atoms with Gasteiger partial charge in [-0.05, 0) is 42.0 Å². The minimum absolute atomic E-state index is 0.231. The van der Waals surface area contributed by atoms with E-state index in [2.05, 4.69) is 16.2 Å². The van der Waals surface area contributed by atoms with Gasteiger partial charge in [0.25, 0.3) is 0 Å². The smallest absolute Gasteiger partial charge is 0.162 e. The third kappa shape index (κ3) is 5.15. The standard InChI is InChI=1S/C26H11Cl6N5/c27-16-5-15(6-17(28)7-16)24-23(32)22(25-20(31)8-18(29)10-34-25)21(14-3-1-2-13(4-14)9-33)26(36-24)37-12-19(30)11-35-37/h1-8,10-12H. The van der Waals surface area contributed by atoms with Crippen LogP contribution in [0.5, 0.6) is 0 Å². The zero-order chi connectivity index (χ0) is 26.3. The third-order valence-corrected chi connectivity index (χ3v) is 6.84. The van der Waals surface area contributed by atoms with Crippen LogP contribution >= 0.6 is 69.6 Å². The van der Waals surface area contributed by atoms with Gasteiger partial charge in [-0.2, -0.15) is 10.4 Å². The van der Waals surface area contributed by atoms with Gasteiger partial charge < -0.3 is 0 Å². The molecule has 182 valence electrons. The summed E-state index contributed by atoms with van der Waals surface area (Å²) >= 11 is 38.7. The second-order valence-electron chi connectivity index (χ2n) is 7.79. The van der Waals surface area contributed by atoms with Crippen molar-refractivity contribution in [3.63, 3.8) is 0 Å². The van der Waals surface area contributed by atoms with Gasteiger partial charge in [-0.1, -0.05) is 81.7 Å². The van der Waals surface area contributed by atoms with Crippen LogP contribution in [0.4, 0.5) is 0 Å². The largest absolute Gasteiger partial charge is 0.253 e. The monoisotopic (exact) mass is 603 g/mol. The topological polar surface area (TPSA) is 67.4 Å². The van der Waals surface area contributed by atoms with Crippen molar-refractivity contribution in [1.82, 2.24) is 19.7 Å². The Labute approximate surface area is 241 Å². The summed E-state index contributed by atoms with van der Waals surface area (Å²) in [7, 11) is 0. The fourth-order valence-corrected chi connectivity index (χ4v) is 5.33. The van der Waals surface area contributed by atoms with E-state index in [9.17, 15) is 5.26 Å². The Hall–Kier alpha value is -2.82. The lowest BCUT2D eigenvalue weighted by Crippen LogP contribution is -2.06. The van der Waals surface area contributed by atoms with Gasteiger partial charge in [0, 0.05) is 32.9 Å². The van der Waals surface area contributed by atoms with Crippen molar-refractivity contribution in [3.8, 4) is 45.5 Å². The van der Waals surface area contributed by atoms with E-state index in [1.165, 1.54) is 17.1 Å². The van der Waals surface area contributed by atoms with Crippen molar-refractivity contribution in [1.29, 1.82) is 5.26 Å². The minimum Gasteiger partial charge on any atom is -0.253 e. The number of hydrogen-bond donors (Lipinski definition) is 0. The summed E-state index contributed by atoms with van der Waals surface area (Å²) in [4.78, 5) is 9.38. The van der Waals surface area contributed by atoms with Crippen LogP contribution in [0.1, 0.15) is 5.56 Å². The van der Waals surface area contributed by atoms with Crippen molar-refractivity contribution in [2.24, 2.45) is 0 Å². The summed E-state index contributed by atoms with van der Waals surface area (Å²) in [5, 5.41) is 16.0. The van der Waals surface area contributed by atoms with Crippen molar-refractivity contribution in [2.75, 3.05) is 0 Å². The molecule has 0 saturated heterocycles. The van der Waals surface area contributed by atoms with Crippen LogP contribution in [0.3, 0.4) is 0 Å². The molecule has 0 aliphatic heterocycles. The molecule has 3 heterocycles. The summed E-state index contributed by atoms with van der Waals surface area (Å²) in [5.41, 5.74) is 3.31. The maximum absolute atomic E-state index is 9.56. The number of aromatic nitrogens is 4. The molecule has 3 aromatic heterocycles. The van der Waals surface area contributed by atoms with E-state index in [1.54, 1.807) is 48.7 Å². The van der Waals surface area contributed by atoms with Gasteiger partial charge in [0.15, 0.2) is 5.82 Å². The average Bonchev–Trinajstić information content (AvgIpc) is 3.29. The Morgan fingerprint density at radius 3 is 2.14 bits per heavy atom. The average molecular weight is 606 g/mol.